The Kier molecular flexibility index (Phi) is 8.18. The van der Waals surface area contributed by atoms with Gasteiger partial charge in [0, 0.05) is 52.0 Å². The van der Waals surface area contributed by atoms with E-state index in [-0.39, 0.29) is 0 Å². The van der Waals surface area contributed by atoms with Crippen LogP contribution in [0.25, 0.3) is 0 Å². The molecule has 2 unspecified atom stereocenters. The fourth-order valence-corrected chi connectivity index (χ4v) is 4.90. The Morgan fingerprint density at radius 2 is 2.00 bits per heavy atom. The molecular formula is C25H40N6O. The Bertz CT molecular complexity index is 888. The van der Waals surface area contributed by atoms with E-state index in [9.17, 15) is 0 Å². The second-order valence-electron chi connectivity index (χ2n) is 9.25. The number of likely N-dealkylation sites (tertiary alicyclic amines) is 1. The van der Waals surface area contributed by atoms with Gasteiger partial charge < -0.3 is 15.0 Å². The van der Waals surface area contributed by atoms with E-state index in [0.717, 1.165) is 37.0 Å². The summed E-state index contributed by atoms with van der Waals surface area (Å²) in [6, 6.07) is 8.92. The van der Waals surface area contributed by atoms with E-state index in [0.29, 0.717) is 17.9 Å². The number of rotatable bonds is 7. The third-order valence-corrected chi connectivity index (χ3v) is 6.45. The normalized spacial score (nSPS) is 19.9. The Morgan fingerprint density at radius 3 is 2.62 bits per heavy atom. The van der Waals surface area contributed by atoms with E-state index in [1.54, 1.807) is 7.11 Å². The lowest BCUT2D eigenvalue weighted by Crippen LogP contribution is -2.45. The summed E-state index contributed by atoms with van der Waals surface area (Å²) in [5, 5.41) is 8.30. The maximum atomic E-state index is 5.35. The van der Waals surface area contributed by atoms with Gasteiger partial charge in [-0.3, -0.25) is 14.6 Å². The molecule has 0 aliphatic carbocycles. The van der Waals surface area contributed by atoms with E-state index < -0.39 is 0 Å². The predicted molar refractivity (Wildman–Crippen MR) is 131 cm³/mol. The Balaban J connectivity index is 1.68. The average molecular weight is 441 g/mol. The summed E-state index contributed by atoms with van der Waals surface area (Å²) in [4.78, 5) is 9.24. The molecule has 0 spiro atoms. The van der Waals surface area contributed by atoms with Crippen molar-refractivity contribution in [1.82, 2.24) is 24.9 Å². The van der Waals surface area contributed by atoms with Crippen LogP contribution in [0.1, 0.15) is 55.5 Å². The summed E-state index contributed by atoms with van der Waals surface area (Å²) in [5.74, 6) is 2.74. The summed E-state index contributed by atoms with van der Waals surface area (Å²) in [7, 11) is 9.89. The number of aryl methyl sites for hydroxylation is 1. The van der Waals surface area contributed by atoms with Gasteiger partial charge in [-0.05, 0) is 56.0 Å². The number of nitrogens with zero attached hydrogens (tertiary/aromatic N) is 5. The van der Waals surface area contributed by atoms with Crippen LogP contribution < -0.4 is 10.1 Å². The molecule has 1 fully saturated rings. The zero-order chi connectivity index (χ0) is 23.3. The molecule has 0 bridgehead atoms. The number of guanidine groups is 1. The zero-order valence-corrected chi connectivity index (χ0v) is 20.8. The lowest BCUT2D eigenvalue weighted by atomic mass is 9.85. The number of benzene rings is 1. The van der Waals surface area contributed by atoms with Crippen LogP contribution in [0.3, 0.4) is 0 Å². The molecule has 2 aromatic rings. The molecule has 2 atom stereocenters. The first-order valence-electron chi connectivity index (χ1n) is 11.6. The Labute approximate surface area is 193 Å². The molecule has 2 heterocycles. The van der Waals surface area contributed by atoms with Crippen molar-refractivity contribution in [3.8, 4) is 5.75 Å². The van der Waals surface area contributed by atoms with Crippen LogP contribution in [0.5, 0.6) is 5.75 Å². The minimum absolute atomic E-state index is 0.386. The van der Waals surface area contributed by atoms with Crippen molar-refractivity contribution in [2.45, 2.75) is 45.2 Å². The van der Waals surface area contributed by atoms with Gasteiger partial charge in [-0.25, -0.2) is 0 Å². The molecule has 176 valence electrons. The first-order chi connectivity index (χ1) is 15.3. The maximum Gasteiger partial charge on any atom is 0.193 e. The minimum atomic E-state index is 0.386. The summed E-state index contributed by atoms with van der Waals surface area (Å²) in [6.45, 7) is 7.19. The molecule has 1 aliphatic rings. The summed E-state index contributed by atoms with van der Waals surface area (Å²) >= 11 is 0. The molecule has 1 aromatic carbocycles. The van der Waals surface area contributed by atoms with Crippen molar-refractivity contribution in [3.05, 3.63) is 47.3 Å². The monoisotopic (exact) mass is 440 g/mol. The molecular weight excluding hydrogens is 400 g/mol. The summed E-state index contributed by atoms with van der Waals surface area (Å²) in [5.41, 5.74) is 3.75. The highest BCUT2D eigenvalue weighted by Gasteiger charge is 2.30. The van der Waals surface area contributed by atoms with E-state index in [1.807, 2.05) is 18.8 Å². The third-order valence-electron chi connectivity index (χ3n) is 6.45. The van der Waals surface area contributed by atoms with Gasteiger partial charge in [0.25, 0.3) is 0 Å². The van der Waals surface area contributed by atoms with Gasteiger partial charge in [0.05, 0.1) is 12.8 Å². The number of ether oxygens (including phenoxy) is 1. The molecule has 0 amide bonds. The van der Waals surface area contributed by atoms with Crippen molar-refractivity contribution in [2.75, 3.05) is 41.3 Å². The first-order valence-corrected chi connectivity index (χ1v) is 11.6. The lowest BCUT2D eigenvalue weighted by molar-refractivity contribution is 0.122. The van der Waals surface area contributed by atoms with Crippen LogP contribution >= 0.6 is 0 Å². The Hall–Kier alpha value is -2.54. The topological polar surface area (TPSA) is 57.9 Å². The van der Waals surface area contributed by atoms with Crippen molar-refractivity contribution in [3.63, 3.8) is 0 Å². The fraction of sp³-hybridized carbons (Fsp3) is 0.600. The van der Waals surface area contributed by atoms with E-state index >= 15 is 0 Å². The predicted octanol–water partition coefficient (Wildman–Crippen LogP) is 3.64. The van der Waals surface area contributed by atoms with Gasteiger partial charge in [-0.15, -0.1) is 0 Å². The smallest absolute Gasteiger partial charge is 0.193 e. The van der Waals surface area contributed by atoms with Gasteiger partial charge in [-0.1, -0.05) is 26.0 Å². The number of piperidine rings is 1. The first kappa shape index (κ1) is 24.1. The van der Waals surface area contributed by atoms with Gasteiger partial charge in [-0.2, -0.15) is 5.10 Å². The van der Waals surface area contributed by atoms with Crippen molar-refractivity contribution in [2.24, 2.45) is 18.0 Å². The van der Waals surface area contributed by atoms with Crippen LogP contribution in [0.4, 0.5) is 0 Å². The molecule has 1 saturated heterocycles. The van der Waals surface area contributed by atoms with Crippen LogP contribution in [-0.4, -0.2) is 66.9 Å². The number of nitrogens with one attached hydrogen (secondary N) is 1. The molecule has 0 saturated carbocycles. The number of hydrogen-bond acceptors (Lipinski definition) is 4. The summed E-state index contributed by atoms with van der Waals surface area (Å²) in [6.07, 6.45) is 4.54. The highest BCUT2D eigenvalue weighted by atomic mass is 16.5. The van der Waals surface area contributed by atoms with Crippen LogP contribution in [0, 0.1) is 5.92 Å². The van der Waals surface area contributed by atoms with E-state index in [1.165, 1.54) is 24.0 Å². The molecule has 32 heavy (non-hydrogen) atoms. The highest BCUT2D eigenvalue weighted by molar-refractivity contribution is 5.79. The van der Waals surface area contributed by atoms with Crippen LogP contribution in [-0.2, 0) is 13.6 Å². The van der Waals surface area contributed by atoms with E-state index in [2.05, 4.69) is 83.6 Å². The zero-order valence-electron chi connectivity index (χ0n) is 20.8. The van der Waals surface area contributed by atoms with Gasteiger partial charge in [0.2, 0.25) is 0 Å². The van der Waals surface area contributed by atoms with Crippen molar-refractivity contribution < 1.29 is 4.74 Å². The quantitative estimate of drug-likeness (QED) is 0.526. The second-order valence-corrected chi connectivity index (χ2v) is 9.25. The molecule has 1 aliphatic heterocycles. The molecule has 7 nitrogen and oxygen atoms in total. The highest BCUT2D eigenvalue weighted by Crippen LogP contribution is 2.35. The third kappa shape index (κ3) is 5.63. The Morgan fingerprint density at radius 1 is 1.28 bits per heavy atom. The van der Waals surface area contributed by atoms with Crippen molar-refractivity contribution in [1.29, 1.82) is 0 Å². The largest absolute Gasteiger partial charge is 0.497 e. The lowest BCUT2D eigenvalue weighted by Gasteiger charge is -2.40. The van der Waals surface area contributed by atoms with Gasteiger partial charge in [0.1, 0.15) is 5.75 Å². The number of methoxy groups -OCH3 is 1. The maximum absolute atomic E-state index is 5.35. The molecule has 1 N–H and O–H groups in total. The van der Waals surface area contributed by atoms with E-state index in [4.69, 9.17) is 4.74 Å². The minimum Gasteiger partial charge on any atom is -0.497 e. The van der Waals surface area contributed by atoms with Crippen LogP contribution in [0.15, 0.2) is 35.5 Å². The van der Waals surface area contributed by atoms with Crippen molar-refractivity contribution >= 4 is 5.96 Å². The van der Waals surface area contributed by atoms with Gasteiger partial charge in [0.15, 0.2) is 5.96 Å². The molecule has 0 radical (unpaired) electrons. The number of aliphatic imine (C=N–C) groups is 1. The number of hydrogen-bond donors (Lipinski definition) is 1. The fourth-order valence-electron chi connectivity index (χ4n) is 4.90. The number of aromatic nitrogens is 2. The molecule has 3 rings (SSSR count). The molecule has 7 heteroatoms. The average Bonchev–Trinajstić information content (AvgIpc) is 3.14. The van der Waals surface area contributed by atoms with Crippen LogP contribution in [0.2, 0.25) is 0 Å². The second kappa shape index (κ2) is 10.9. The standard InChI is InChI=1S/C25H40N6O/c1-18(2)23-21(17-31(6)28-23)16-30(5)25(26-3)27-15-20-9-8-14-29(4)24(20)19-10-12-22(32-7)13-11-19/h10-13,17-18,20,24H,8-9,14-16H2,1-7H3,(H,26,27). The SMILES string of the molecule is CN=C(NCC1CCCN(C)C1c1ccc(OC)cc1)N(C)Cc1cn(C)nc1C(C)C. The summed E-state index contributed by atoms with van der Waals surface area (Å²) < 4.78 is 7.26. The van der Waals surface area contributed by atoms with Gasteiger partial charge >= 0.3 is 0 Å². The molecule has 1 aromatic heterocycles.